The predicted octanol–water partition coefficient (Wildman–Crippen LogP) is 3.86. The van der Waals surface area contributed by atoms with Crippen LogP contribution in [0, 0.1) is 0 Å². The van der Waals surface area contributed by atoms with Crippen LogP contribution in [0.15, 0.2) is 41.0 Å². The van der Waals surface area contributed by atoms with E-state index in [1.54, 1.807) is 0 Å². The third kappa shape index (κ3) is 3.13. The molecule has 0 atom stereocenters. The minimum absolute atomic E-state index is 0.267. The lowest BCUT2D eigenvalue weighted by Gasteiger charge is -2.12. The molecule has 0 unspecified atom stereocenters. The van der Waals surface area contributed by atoms with Gasteiger partial charge in [-0.3, -0.25) is 0 Å². The molecule has 0 saturated heterocycles. The summed E-state index contributed by atoms with van der Waals surface area (Å²) in [5.74, 6) is 0.397. The van der Waals surface area contributed by atoms with Crippen LogP contribution in [0.2, 0.25) is 0 Å². The van der Waals surface area contributed by atoms with Crippen molar-refractivity contribution in [1.29, 1.82) is 0 Å². The Morgan fingerprint density at radius 3 is 2.67 bits per heavy atom. The predicted molar refractivity (Wildman–Crippen MR) is 62.0 cm³/mol. The number of halogens is 2. The summed E-state index contributed by atoms with van der Waals surface area (Å²) >= 11 is 0. The van der Waals surface area contributed by atoms with Gasteiger partial charge in [0.25, 0.3) is 0 Å². The van der Waals surface area contributed by atoms with Gasteiger partial charge >= 0.3 is 6.11 Å². The SMILES string of the molecule is CCC(F)(F)OCc1coc(-c2ccccc2)n1. The van der Waals surface area contributed by atoms with Crippen molar-refractivity contribution in [3.05, 3.63) is 42.3 Å². The molecule has 3 nitrogen and oxygen atoms in total. The highest BCUT2D eigenvalue weighted by molar-refractivity contribution is 5.52. The molecule has 2 aromatic rings. The lowest BCUT2D eigenvalue weighted by Crippen LogP contribution is -2.18. The molecule has 0 aliphatic carbocycles. The average Bonchev–Trinajstić information content (AvgIpc) is 2.86. The molecule has 0 aliphatic rings. The number of benzene rings is 1. The lowest BCUT2D eigenvalue weighted by atomic mass is 10.2. The van der Waals surface area contributed by atoms with Crippen LogP contribution in [0.25, 0.3) is 11.5 Å². The first kappa shape index (κ1) is 12.7. The maximum atomic E-state index is 12.9. The highest BCUT2D eigenvalue weighted by atomic mass is 19.3. The van der Waals surface area contributed by atoms with Gasteiger partial charge in [0.1, 0.15) is 12.0 Å². The molecule has 0 saturated carbocycles. The standard InChI is InChI=1S/C13H13F2NO2/c1-2-13(14,15)18-9-11-8-17-12(16-11)10-6-4-3-5-7-10/h3-8H,2,9H2,1H3. The smallest absolute Gasteiger partial charge is 0.355 e. The fourth-order valence-electron chi connectivity index (χ4n) is 1.37. The molecule has 0 aliphatic heterocycles. The molecule has 5 heteroatoms. The summed E-state index contributed by atoms with van der Waals surface area (Å²) in [4.78, 5) is 4.09. The van der Waals surface area contributed by atoms with E-state index in [1.165, 1.54) is 13.2 Å². The monoisotopic (exact) mass is 253 g/mol. The number of aromatic nitrogens is 1. The molecule has 1 heterocycles. The van der Waals surface area contributed by atoms with Crippen molar-refractivity contribution in [1.82, 2.24) is 4.98 Å². The molecule has 1 aromatic heterocycles. The van der Waals surface area contributed by atoms with Gasteiger partial charge in [-0.25, -0.2) is 4.98 Å². The molecule has 0 fully saturated rings. The van der Waals surface area contributed by atoms with E-state index in [1.807, 2.05) is 30.3 Å². The molecule has 18 heavy (non-hydrogen) atoms. The molecule has 0 amide bonds. The van der Waals surface area contributed by atoms with Gasteiger partial charge in [-0.2, -0.15) is 8.78 Å². The number of hydrogen-bond donors (Lipinski definition) is 0. The Morgan fingerprint density at radius 2 is 2.00 bits per heavy atom. The first-order valence-electron chi connectivity index (χ1n) is 5.62. The van der Waals surface area contributed by atoms with E-state index in [0.29, 0.717) is 11.6 Å². The topological polar surface area (TPSA) is 35.3 Å². The third-order valence-corrected chi connectivity index (χ3v) is 2.42. The summed E-state index contributed by atoms with van der Waals surface area (Å²) in [6.07, 6.45) is -2.16. The summed E-state index contributed by atoms with van der Waals surface area (Å²) in [6, 6.07) is 9.23. The Hall–Kier alpha value is -1.75. The molecule has 2 rings (SSSR count). The second-order valence-electron chi connectivity index (χ2n) is 3.79. The first-order chi connectivity index (χ1) is 8.61. The van der Waals surface area contributed by atoms with Crippen molar-refractivity contribution in [2.24, 2.45) is 0 Å². The largest absolute Gasteiger partial charge is 0.444 e. The van der Waals surface area contributed by atoms with Crippen molar-refractivity contribution in [3.8, 4) is 11.5 Å². The number of nitrogens with zero attached hydrogens (tertiary/aromatic N) is 1. The number of rotatable bonds is 5. The maximum absolute atomic E-state index is 12.9. The van der Waals surface area contributed by atoms with Crippen molar-refractivity contribution in [2.45, 2.75) is 26.1 Å². The third-order valence-electron chi connectivity index (χ3n) is 2.42. The lowest BCUT2D eigenvalue weighted by molar-refractivity contribution is -0.246. The molecule has 96 valence electrons. The second-order valence-corrected chi connectivity index (χ2v) is 3.79. The zero-order valence-electron chi connectivity index (χ0n) is 9.90. The van der Waals surface area contributed by atoms with E-state index < -0.39 is 6.11 Å². The van der Waals surface area contributed by atoms with Crippen LogP contribution in [0.4, 0.5) is 8.78 Å². The van der Waals surface area contributed by atoms with Gasteiger partial charge < -0.3 is 9.15 Å². The van der Waals surface area contributed by atoms with Crippen LogP contribution in [-0.2, 0) is 11.3 Å². The highest BCUT2D eigenvalue weighted by Crippen LogP contribution is 2.23. The first-order valence-corrected chi connectivity index (χ1v) is 5.62. The zero-order valence-corrected chi connectivity index (χ0v) is 9.90. The van der Waals surface area contributed by atoms with Crippen LogP contribution in [0.1, 0.15) is 19.0 Å². The van der Waals surface area contributed by atoms with Crippen molar-refractivity contribution in [3.63, 3.8) is 0 Å². The van der Waals surface area contributed by atoms with Crippen LogP contribution in [0.3, 0.4) is 0 Å². The maximum Gasteiger partial charge on any atom is 0.355 e. The van der Waals surface area contributed by atoms with Crippen LogP contribution in [-0.4, -0.2) is 11.1 Å². The van der Waals surface area contributed by atoms with E-state index in [9.17, 15) is 8.78 Å². The Kier molecular flexibility index (Phi) is 3.72. The molecular weight excluding hydrogens is 240 g/mol. The fraction of sp³-hybridized carbons (Fsp3) is 0.308. The summed E-state index contributed by atoms with van der Waals surface area (Å²) in [5.41, 5.74) is 1.15. The summed E-state index contributed by atoms with van der Waals surface area (Å²) in [6.45, 7) is 1.09. The molecular formula is C13H13F2NO2. The van der Waals surface area contributed by atoms with Crippen molar-refractivity contribution in [2.75, 3.05) is 0 Å². The van der Waals surface area contributed by atoms with Crippen LogP contribution in [0.5, 0.6) is 0 Å². The van der Waals surface area contributed by atoms with E-state index in [0.717, 1.165) is 5.56 Å². The zero-order chi connectivity index (χ0) is 13.0. The minimum Gasteiger partial charge on any atom is -0.444 e. The van der Waals surface area contributed by atoms with Crippen molar-refractivity contribution >= 4 is 0 Å². The Labute approximate surface area is 103 Å². The van der Waals surface area contributed by atoms with E-state index in [4.69, 9.17) is 4.42 Å². The van der Waals surface area contributed by atoms with Crippen LogP contribution < -0.4 is 0 Å². The summed E-state index contributed by atoms with van der Waals surface area (Å²) in [7, 11) is 0. The molecule has 0 N–H and O–H groups in total. The van der Waals surface area contributed by atoms with E-state index >= 15 is 0 Å². The average molecular weight is 253 g/mol. The van der Waals surface area contributed by atoms with Gasteiger partial charge in [-0.05, 0) is 12.1 Å². The summed E-state index contributed by atoms with van der Waals surface area (Å²) in [5, 5.41) is 0. The molecule has 0 bridgehead atoms. The van der Waals surface area contributed by atoms with Gasteiger partial charge in [0.2, 0.25) is 5.89 Å². The molecule has 0 spiro atoms. The minimum atomic E-state index is -3.12. The second kappa shape index (κ2) is 5.27. The quantitative estimate of drug-likeness (QED) is 0.811. The van der Waals surface area contributed by atoms with Crippen LogP contribution >= 0.6 is 0 Å². The van der Waals surface area contributed by atoms with Gasteiger partial charge in [0, 0.05) is 12.0 Å². The highest BCUT2D eigenvalue weighted by Gasteiger charge is 2.27. The van der Waals surface area contributed by atoms with Gasteiger partial charge in [0.05, 0.1) is 6.61 Å². The van der Waals surface area contributed by atoms with Gasteiger partial charge in [-0.15, -0.1) is 0 Å². The summed E-state index contributed by atoms with van der Waals surface area (Å²) < 4.78 is 35.4. The number of alkyl halides is 2. The normalized spacial score (nSPS) is 11.7. The van der Waals surface area contributed by atoms with Gasteiger partial charge in [0.15, 0.2) is 0 Å². The fourth-order valence-corrected chi connectivity index (χ4v) is 1.37. The Bertz CT molecular complexity index is 497. The van der Waals surface area contributed by atoms with E-state index in [2.05, 4.69) is 9.72 Å². The number of hydrogen-bond acceptors (Lipinski definition) is 3. The molecule has 0 radical (unpaired) electrons. The number of oxazole rings is 1. The Balaban J connectivity index is 2.03. The molecule has 1 aromatic carbocycles. The number of ether oxygens (including phenoxy) is 1. The van der Waals surface area contributed by atoms with Gasteiger partial charge in [-0.1, -0.05) is 25.1 Å². The van der Waals surface area contributed by atoms with Crippen molar-refractivity contribution < 1.29 is 17.9 Å². The Morgan fingerprint density at radius 1 is 1.28 bits per heavy atom. The van der Waals surface area contributed by atoms with E-state index in [-0.39, 0.29) is 13.0 Å².